The van der Waals surface area contributed by atoms with E-state index in [4.69, 9.17) is 14.4 Å². The number of fused-ring (bicyclic) bond motifs is 3. The van der Waals surface area contributed by atoms with Gasteiger partial charge in [-0.3, -0.25) is 0 Å². The first-order chi connectivity index (χ1) is 16.9. The molecule has 0 spiro atoms. The Morgan fingerprint density at radius 3 is 2.19 bits per heavy atom. The third kappa shape index (κ3) is 4.86. The number of aromatic nitrogens is 1. The molecule has 1 aliphatic carbocycles. The summed E-state index contributed by atoms with van der Waals surface area (Å²) in [5.41, 5.74) is 3.86. The Kier molecular flexibility index (Phi) is 7.43. The lowest BCUT2D eigenvalue weighted by molar-refractivity contribution is -0.905. The van der Waals surface area contributed by atoms with Gasteiger partial charge in [0.1, 0.15) is 13.1 Å². The number of benzene rings is 3. The van der Waals surface area contributed by atoms with E-state index >= 15 is 0 Å². The Balaban J connectivity index is 0.00000304. The second-order valence-corrected chi connectivity index (χ2v) is 9.61. The number of quaternary nitrogens is 1. The van der Waals surface area contributed by atoms with Crippen molar-refractivity contribution < 1.29 is 35.7 Å². The van der Waals surface area contributed by atoms with Gasteiger partial charge in [0.05, 0.1) is 45.1 Å². The van der Waals surface area contributed by atoms with E-state index in [1.807, 2.05) is 60.7 Å². The molecule has 0 atom stereocenters. The molecule has 0 amide bonds. The van der Waals surface area contributed by atoms with E-state index < -0.39 is 5.60 Å². The van der Waals surface area contributed by atoms with Gasteiger partial charge < -0.3 is 35.7 Å². The molecule has 0 saturated heterocycles. The molecule has 0 fully saturated rings. The van der Waals surface area contributed by atoms with E-state index in [1.54, 1.807) is 18.3 Å². The SMILES string of the molecule is C[N+](C)(CCOCc1ccc(C#N)cc1)Cc1cnc(C2(O)c3ccccc3-c3ccccc32)o1.[Br-]. The Labute approximate surface area is 221 Å². The van der Waals surface area contributed by atoms with Gasteiger partial charge >= 0.3 is 0 Å². The zero-order valence-corrected chi connectivity index (χ0v) is 21.9. The van der Waals surface area contributed by atoms with Crippen LogP contribution in [-0.2, 0) is 23.5 Å². The van der Waals surface area contributed by atoms with Crippen LogP contribution in [0.25, 0.3) is 11.1 Å². The zero-order chi connectivity index (χ0) is 24.5. The van der Waals surface area contributed by atoms with Crippen molar-refractivity contribution in [3.8, 4) is 17.2 Å². The summed E-state index contributed by atoms with van der Waals surface area (Å²) in [4.78, 5) is 4.52. The summed E-state index contributed by atoms with van der Waals surface area (Å²) in [6.45, 7) is 2.48. The van der Waals surface area contributed by atoms with Crippen molar-refractivity contribution in [1.82, 2.24) is 4.98 Å². The number of aliphatic hydroxyl groups is 1. The smallest absolute Gasteiger partial charge is 0.236 e. The molecule has 5 rings (SSSR count). The number of ether oxygens (including phenoxy) is 1. The van der Waals surface area contributed by atoms with E-state index in [-0.39, 0.29) is 17.0 Å². The van der Waals surface area contributed by atoms with Crippen LogP contribution in [0.15, 0.2) is 83.4 Å². The monoisotopic (exact) mass is 545 g/mol. The lowest BCUT2D eigenvalue weighted by Crippen LogP contribution is -3.00. The van der Waals surface area contributed by atoms with E-state index in [1.165, 1.54) is 0 Å². The van der Waals surface area contributed by atoms with Gasteiger partial charge in [-0.1, -0.05) is 60.7 Å². The fraction of sp³-hybridized carbons (Fsp3) is 0.241. The van der Waals surface area contributed by atoms with Crippen LogP contribution in [0.2, 0.25) is 0 Å². The zero-order valence-electron chi connectivity index (χ0n) is 20.3. The predicted octanol–water partition coefficient (Wildman–Crippen LogP) is 1.61. The minimum atomic E-state index is -1.41. The number of hydrogen-bond donors (Lipinski definition) is 1. The maximum atomic E-state index is 11.9. The molecule has 1 aromatic heterocycles. The minimum absolute atomic E-state index is 0. The van der Waals surface area contributed by atoms with Gasteiger partial charge in [0, 0.05) is 11.1 Å². The maximum Gasteiger partial charge on any atom is 0.236 e. The summed E-state index contributed by atoms with van der Waals surface area (Å²) in [5, 5.41) is 20.8. The quantitative estimate of drug-likeness (QED) is 0.269. The summed E-state index contributed by atoms with van der Waals surface area (Å²) >= 11 is 0. The highest BCUT2D eigenvalue weighted by Gasteiger charge is 2.46. The van der Waals surface area contributed by atoms with Crippen molar-refractivity contribution in [2.75, 3.05) is 27.2 Å². The Bertz CT molecular complexity index is 1340. The second-order valence-electron chi connectivity index (χ2n) is 9.61. The molecule has 3 aromatic carbocycles. The predicted molar refractivity (Wildman–Crippen MR) is 132 cm³/mol. The van der Waals surface area contributed by atoms with E-state index in [0.717, 1.165) is 34.4 Å². The standard InChI is InChI=1S/C29H28N3O3.BrH/c1-32(2,15-16-34-20-22-13-11-21(17-30)12-14-22)19-23-18-31-28(35-23)29(33)26-9-5-3-7-24(26)25-8-4-6-10-27(25)29;/h3-14,18,33H,15-16,19-20H2,1-2H3;1H/q+1;/p-1. The highest BCUT2D eigenvalue weighted by Crippen LogP contribution is 2.50. The number of nitriles is 1. The Hall–Kier alpha value is -3.28. The van der Waals surface area contributed by atoms with Gasteiger partial charge in [0.25, 0.3) is 0 Å². The summed E-state index contributed by atoms with van der Waals surface area (Å²) < 4.78 is 12.7. The number of oxazole rings is 1. The van der Waals surface area contributed by atoms with Gasteiger partial charge in [-0.05, 0) is 28.8 Å². The van der Waals surface area contributed by atoms with Gasteiger partial charge in [0.2, 0.25) is 5.89 Å². The molecular formula is C29H28BrN3O3. The van der Waals surface area contributed by atoms with Crippen molar-refractivity contribution in [1.29, 1.82) is 5.26 Å². The number of nitrogens with zero attached hydrogens (tertiary/aromatic N) is 3. The van der Waals surface area contributed by atoms with Gasteiger partial charge in [-0.25, -0.2) is 4.98 Å². The molecule has 4 aromatic rings. The van der Waals surface area contributed by atoms with Crippen LogP contribution in [0.1, 0.15) is 33.9 Å². The number of rotatable bonds is 8. The lowest BCUT2D eigenvalue weighted by atomic mass is 9.91. The molecule has 0 aliphatic heterocycles. The summed E-state index contributed by atoms with van der Waals surface area (Å²) in [6.07, 6.45) is 1.72. The number of hydrogen-bond acceptors (Lipinski definition) is 5. The number of likely N-dealkylation sites (N-methyl/N-ethyl adjacent to an activating group) is 1. The van der Waals surface area contributed by atoms with E-state index in [0.29, 0.717) is 41.5 Å². The van der Waals surface area contributed by atoms with Crippen LogP contribution in [0.5, 0.6) is 0 Å². The Morgan fingerprint density at radius 2 is 1.58 bits per heavy atom. The topological polar surface area (TPSA) is 79.3 Å². The first kappa shape index (κ1) is 25.8. The summed E-state index contributed by atoms with van der Waals surface area (Å²) in [5.74, 6) is 1.01. The van der Waals surface area contributed by atoms with Crippen LogP contribution in [0.4, 0.5) is 0 Å². The molecular weight excluding hydrogens is 518 g/mol. The highest BCUT2D eigenvalue weighted by atomic mass is 79.9. The third-order valence-corrected chi connectivity index (χ3v) is 6.56. The van der Waals surface area contributed by atoms with E-state index in [9.17, 15) is 5.11 Å². The van der Waals surface area contributed by atoms with Crippen molar-refractivity contribution in [2.45, 2.75) is 18.8 Å². The van der Waals surface area contributed by atoms with Crippen molar-refractivity contribution in [3.05, 3.63) is 113 Å². The normalized spacial score (nSPS) is 13.4. The summed E-state index contributed by atoms with van der Waals surface area (Å²) in [7, 11) is 4.23. The minimum Gasteiger partial charge on any atom is -1.00 e. The van der Waals surface area contributed by atoms with Crippen LogP contribution in [0, 0.1) is 11.3 Å². The average Bonchev–Trinajstić information content (AvgIpc) is 3.44. The highest BCUT2D eigenvalue weighted by molar-refractivity contribution is 5.81. The molecule has 1 heterocycles. The number of halogens is 1. The largest absolute Gasteiger partial charge is 1.00 e. The van der Waals surface area contributed by atoms with Gasteiger partial charge in [-0.2, -0.15) is 5.26 Å². The van der Waals surface area contributed by atoms with Crippen LogP contribution in [0.3, 0.4) is 0 Å². The van der Waals surface area contributed by atoms with Gasteiger partial charge in [-0.15, -0.1) is 0 Å². The van der Waals surface area contributed by atoms with Crippen molar-refractivity contribution >= 4 is 0 Å². The third-order valence-electron chi connectivity index (χ3n) is 6.56. The molecule has 0 saturated carbocycles. The van der Waals surface area contributed by atoms with E-state index in [2.05, 4.69) is 25.1 Å². The molecule has 1 N–H and O–H groups in total. The fourth-order valence-corrected chi connectivity index (χ4v) is 4.67. The van der Waals surface area contributed by atoms with Crippen LogP contribution in [-0.4, -0.2) is 41.8 Å². The molecule has 0 radical (unpaired) electrons. The molecule has 36 heavy (non-hydrogen) atoms. The van der Waals surface area contributed by atoms with Crippen molar-refractivity contribution in [3.63, 3.8) is 0 Å². The second kappa shape index (κ2) is 10.4. The molecule has 0 unspecified atom stereocenters. The maximum absolute atomic E-state index is 11.9. The summed E-state index contributed by atoms with van der Waals surface area (Å²) in [6, 6.07) is 25.3. The lowest BCUT2D eigenvalue weighted by Gasteiger charge is -2.28. The average molecular weight is 546 g/mol. The van der Waals surface area contributed by atoms with Crippen LogP contribution < -0.4 is 17.0 Å². The van der Waals surface area contributed by atoms with Crippen molar-refractivity contribution in [2.24, 2.45) is 0 Å². The van der Waals surface area contributed by atoms with Gasteiger partial charge in [0.15, 0.2) is 11.4 Å². The molecule has 0 bridgehead atoms. The molecule has 6 nitrogen and oxygen atoms in total. The first-order valence-electron chi connectivity index (χ1n) is 11.7. The van der Waals surface area contributed by atoms with Crippen LogP contribution >= 0.6 is 0 Å². The first-order valence-corrected chi connectivity index (χ1v) is 11.7. The molecule has 1 aliphatic rings. The molecule has 7 heteroatoms. The Morgan fingerprint density at radius 1 is 0.972 bits per heavy atom. The fourth-order valence-electron chi connectivity index (χ4n) is 4.67. The molecule has 184 valence electrons.